The molecule has 0 atom stereocenters. The summed E-state index contributed by atoms with van der Waals surface area (Å²) < 4.78 is 4.60. The first-order valence-electron chi connectivity index (χ1n) is 5.25. The minimum absolute atomic E-state index is 0.119. The Kier molecular flexibility index (Phi) is 4.90. The highest BCUT2D eigenvalue weighted by Crippen LogP contribution is 2.15. The van der Waals surface area contributed by atoms with Gasteiger partial charge in [-0.2, -0.15) is 0 Å². The Morgan fingerprint density at radius 1 is 1.50 bits per heavy atom. The molecule has 0 amide bonds. The van der Waals surface area contributed by atoms with Crippen LogP contribution in [0.3, 0.4) is 0 Å². The highest BCUT2D eigenvalue weighted by atomic mass is 16.5. The fourth-order valence-electron chi connectivity index (χ4n) is 1.80. The van der Waals surface area contributed by atoms with Gasteiger partial charge in [0.25, 0.3) is 0 Å². The lowest BCUT2D eigenvalue weighted by molar-refractivity contribution is -0.141. The quantitative estimate of drug-likeness (QED) is 0.660. The Hall–Kier alpha value is -0.610. The van der Waals surface area contributed by atoms with E-state index in [4.69, 9.17) is 5.73 Å². The summed E-state index contributed by atoms with van der Waals surface area (Å²) >= 11 is 0. The van der Waals surface area contributed by atoms with E-state index in [1.807, 2.05) is 0 Å². The predicted molar refractivity (Wildman–Crippen MR) is 54.9 cm³/mol. The second kappa shape index (κ2) is 5.98. The number of hydrogen-bond donors (Lipinski definition) is 1. The number of nitrogens with zero attached hydrogens (tertiary/aromatic N) is 1. The summed E-state index contributed by atoms with van der Waals surface area (Å²) in [6.07, 6.45) is 2.83. The summed E-state index contributed by atoms with van der Waals surface area (Å²) in [6.45, 7) is 3.76. The molecule has 82 valence electrons. The third-order valence-corrected chi connectivity index (χ3v) is 2.90. The minimum Gasteiger partial charge on any atom is -0.469 e. The number of ether oxygens (including phenoxy) is 1. The molecule has 4 nitrogen and oxygen atoms in total. The standard InChI is InChI=1S/C10H20N2O2/c1-14-10(13)4-7-12-5-2-9(8-11)3-6-12/h9H,2-8,11H2,1H3. The van der Waals surface area contributed by atoms with Crippen molar-refractivity contribution >= 4 is 5.97 Å². The number of carbonyl (C=O) groups is 1. The summed E-state index contributed by atoms with van der Waals surface area (Å²) in [5.74, 6) is 0.565. The fourth-order valence-corrected chi connectivity index (χ4v) is 1.80. The Bertz CT molecular complexity index is 177. The molecule has 1 aliphatic rings. The molecule has 1 heterocycles. The molecule has 0 aromatic carbocycles. The minimum atomic E-state index is -0.119. The van der Waals surface area contributed by atoms with Crippen molar-refractivity contribution in [3.8, 4) is 0 Å². The number of piperidine rings is 1. The van der Waals surface area contributed by atoms with E-state index >= 15 is 0 Å². The lowest BCUT2D eigenvalue weighted by Crippen LogP contribution is -2.37. The lowest BCUT2D eigenvalue weighted by atomic mass is 9.97. The van der Waals surface area contributed by atoms with Gasteiger partial charge < -0.3 is 15.4 Å². The largest absolute Gasteiger partial charge is 0.469 e. The van der Waals surface area contributed by atoms with Crippen LogP contribution < -0.4 is 5.73 Å². The van der Waals surface area contributed by atoms with E-state index in [2.05, 4.69) is 9.64 Å². The smallest absolute Gasteiger partial charge is 0.306 e. The summed E-state index contributed by atoms with van der Waals surface area (Å²) in [5.41, 5.74) is 5.60. The van der Waals surface area contributed by atoms with Gasteiger partial charge in [-0.3, -0.25) is 4.79 Å². The van der Waals surface area contributed by atoms with Crippen LogP contribution in [0.1, 0.15) is 19.3 Å². The first-order valence-corrected chi connectivity index (χ1v) is 5.25. The average molecular weight is 200 g/mol. The molecule has 0 saturated carbocycles. The van der Waals surface area contributed by atoms with Gasteiger partial charge in [0.05, 0.1) is 13.5 Å². The fraction of sp³-hybridized carbons (Fsp3) is 0.900. The van der Waals surface area contributed by atoms with E-state index in [0.29, 0.717) is 12.3 Å². The van der Waals surface area contributed by atoms with Crippen LogP contribution in [-0.2, 0) is 9.53 Å². The number of carbonyl (C=O) groups excluding carboxylic acids is 1. The molecule has 0 aromatic heterocycles. The summed E-state index contributed by atoms with van der Waals surface area (Å²) in [7, 11) is 1.43. The van der Waals surface area contributed by atoms with Crippen LogP contribution in [-0.4, -0.2) is 44.2 Å². The van der Waals surface area contributed by atoms with Crippen molar-refractivity contribution in [1.82, 2.24) is 4.90 Å². The van der Waals surface area contributed by atoms with Crippen LogP contribution in [0, 0.1) is 5.92 Å². The van der Waals surface area contributed by atoms with E-state index in [1.54, 1.807) is 0 Å². The highest BCUT2D eigenvalue weighted by molar-refractivity contribution is 5.69. The zero-order valence-electron chi connectivity index (χ0n) is 8.87. The number of esters is 1. The molecule has 0 bridgehead atoms. The highest BCUT2D eigenvalue weighted by Gasteiger charge is 2.18. The van der Waals surface area contributed by atoms with Gasteiger partial charge >= 0.3 is 5.97 Å². The molecule has 0 aliphatic carbocycles. The van der Waals surface area contributed by atoms with Gasteiger partial charge in [0.2, 0.25) is 0 Å². The topological polar surface area (TPSA) is 55.6 Å². The van der Waals surface area contributed by atoms with Crippen molar-refractivity contribution in [3.05, 3.63) is 0 Å². The number of nitrogens with two attached hydrogens (primary N) is 1. The van der Waals surface area contributed by atoms with Crippen LogP contribution in [0.2, 0.25) is 0 Å². The second-order valence-corrected chi connectivity index (χ2v) is 3.85. The number of rotatable bonds is 4. The maximum absolute atomic E-state index is 10.9. The SMILES string of the molecule is COC(=O)CCN1CCC(CN)CC1. The van der Waals surface area contributed by atoms with Gasteiger partial charge in [-0.15, -0.1) is 0 Å². The van der Waals surface area contributed by atoms with Gasteiger partial charge in [0, 0.05) is 6.54 Å². The molecule has 2 N–H and O–H groups in total. The van der Waals surface area contributed by atoms with Crippen molar-refractivity contribution in [1.29, 1.82) is 0 Å². The van der Waals surface area contributed by atoms with E-state index < -0.39 is 0 Å². The summed E-state index contributed by atoms with van der Waals surface area (Å²) in [5, 5.41) is 0. The molecule has 4 heteroatoms. The Balaban J connectivity index is 2.13. The van der Waals surface area contributed by atoms with Crippen molar-refractivity contribution in [2.75, 3.05) is 33.3 Å². The van der Waals surface area contributed by atoms with Gasteiger partial charge in [0.15, 0.2) is 0 Å². The van der Waals surface area contributed by atoms with Gasteiger partial charge in [-0.05, 0) is 38.4 Å². The molecule has 1 saturated heterocycles. The summed E-state index contributed by atoms with van der Waals surface area (Å²) in [4.78, 5) is 13.2. The van der Waals surface area contributed by atoms with Crippen LogP contribution in [0.5, 0.6) is 0 Å². The first kappa shape index (κ1) is 11.5. The average Bonchev–Trinajstić information content (AvgIpc) is 2.26. The third-order valence-electron chi connectivity index (χ3n) is 2.90. The van der Waals surface area contributed by atoms with E-state index in [-0.39, 0.29) is 5.97 Å². The number of hydrogen-bond acceptors (Lipinski definition) is 4. The molecule has 14 heavy (non-hydrogen) atoms. The predicted octanol–water partition coefficient (Wildman–Crippen LogP) is 0.220. The Labute approximate surface area is 85.4 Å². The third kappa shape index (κ3) is 3.64. The number of methoxy groups -OCH3 is 1. The zero-order valence-corrected chi connectivity index (χ0v) is 8.87. The second-order valence-electron chi connectivity index (χ2n) is 3.85. The van der Waals surface area contributed by atoms with Crippen LogP contribution in [0.25, 0.3) is 0 Å². The van der Waals surface area contributed by atoms with Gasteiger partial charge in [-0.25, -0.2) is 0 Å². The lowest BCUT2D eigenvalue weighted by Gasteiger charge is -2.30. The van der Waals surface area contributed by atoms with Crippen molar-refractivity contribution in [2.45, 2.75) is 19.3 Å². The van der Waals surface area contributed by atoms with Crippen LogP contribution in [0.4, 0.5) is 0 Å². The zero-order chi connectivity index (χ0) is 10.4. The molecule has 1 rings (SSSR count). The maximum atomic E-state index is 10.9. The molecule has 0 spiro atoms. The molecule has 0 unspecified atom stereocenters. The van der Waals surface area contributed by atoms with E-state index in [0.717, 1.165) is 39.0 Å². The van der Waals surface area contributed by atoms with Gasteiger partial charge in [0.1, 0.15) is 0 Å². The van der Waals surface area contributed by atoms with Gasteiger partial charge in [-0.1, -0.05) is 0 Å². The normalized spacial score (nSPS) is 19.6. The van der Waals surface area contributed by atoms with Crippen molar-refractivity contribution in [2.24, 2.45) is 11.7 Å². The number of likely N-dealkylation sites (tertiary alicyclic amines) is 1. The van der Waals surface area contributed by atoms with Crippen LogP contribution >= 0.6 is 0 Å². The van der Waals surface area contributed by atoms with Crippen LogP contribution in [0.15, 0.2) is 0 Å². The molecule has 1 fully saturated rings. The van der Waals surface area contributed by atoms with E-state index in [1.165, 1.54) is 7.11 Å². The van der Waals surface area contributed by atoms with E-state index in [9.17, 15) is 4.79 Å². The molecular weight excluding hydrogens is 180 g/mol. The monoisotopic (exact) mass is 200 g/mol. The van der Waals surface area contributed by atoms with Crippen molar-refractivity contribution in [3.63, 3.8) is 0 Å². The Morgan fingerprint density at radius 2 is 2.14 bits per heavy atom. The first-order chi connectivity index (χ1) is 6.76. The molecule has 1 aliphatic heterocycles. The maximum Gasteiger partial charge on any atom is 0.306 e. The summed E-state index contributed by atoms with van der Waals surface area (Å²) in [6, 6.07) is 0. The van der Waals surface area contributed by atoms with Crippen molar-refractivity contribution < 1.29 is 9.53 Å². The molecular formula is C10H20N2O2. The molecule has 0 aromatic rings. The Morgan fingerprint density at radius 3 is 2.64 bits per heavy atom. The molecule has 0 radical (unpaired) electrons.